The standard InChI is InChI=1S/C17H21N3/c1-12-8-16(11-19-10-12)17(20-18)15-7-6-13-4-2-3-5-14(13)9-15/h2-5,8,10-11,15,17,20H,6-7,9,18H2,1H3. The molecule has 0 saturated carbocycles. The summed E-state index contributed by atoms with van der Waals surface area (Å²) in [6.07, 6.45) is 7.20. The first-order valence-electron chi connectivity index (χ1n) is 7.22. The summed E-state index contributed by atoms with van der Waals surface area (Å²) in [4.78, 5) is 4.30. The van der Waals surface area contributed by atoms with E-state index in [4.69, 9.17) is 5.84 Å². The van der Waals surface area contributed by atoms with Crippen molar-refractivity contribution in [3.05, 3.63) is 65.0 Å². The molecule has 0 fully saturated rings. The third kappa shape index (κ3) is 2.60. The Morgan fingerprint density at radius 1 is 1.25 bits per heavy atom. The van der Waals surface area contributed by atoms with Crippen LogP contribution in [0.4, 0.5) is 0 Å². The topological polar surface area (TPSA) is 50.9 Å². The summed E-state index contributed by atoms with van der Waals surface area (Å²) in [6.45, 7) is 2.07. The first kappa shape index (κ1) is 13.3. The molecule has 1 aromatic carbocycles. The van der Waals surface area contributed by atoms with Gasteiger partial charge in [0, 0.05) is 12.4 Å². The van der Waals surface area contributed by atoms with E-state index in [1.807, 2.05) is 12.4 Å². The number of nitrogens with one attached hydrogen (secondary N) is 1. The SMILES string of the molecule is Cc1cncc(C(NN)C2CCc3ccccc3C2)c1. The van der Waals surface area contributed by atoms with Crippen LogP contribution in [0.2, 0.25) is 0 Å². The Balaban J connectivity index is 1.85. The third-order valence-electron chi connectivity index (χ3n) is 4.29. The molecule has 1 aliphatic carbocycles. The van der Waals surface area contributed by atoms with Crippen molar-refractivity contribution in [3.8, 4) is 0 Å². The summed E-state index contributed by atoms with van der Waals surface area (Å²) in [5.41, 5.74) is 8.33. The van der Waals surface area contributed by atoms with Crippen LogP contribution in [-0.2, 0) is 12.8 Å². The molecule has 1 aliphatic rings. The van der Waals surface area contributed by atoms with Crippen LogP contribution < -0.4 is 11.3 Å². The van der Waals surface area contributed by atoms with Crippen LogP contribution in [0.3, 0.4) is 0 Å². The highest BCUT2D eigenvalue weighted by Crippen LogP contribution is 2.33. The number of hydrazine groups is 1. The molecule has 2 aromatic rings. The number of nitrogens with zero attached hydrogens (tertiary/aromatic N) is 1. The van der Waals surface area contributed by atoms with Gasteiger partial charge >= 0.3 is 0 Å². The maximum atomic E-state index is 5.83. The highest BCUT2D eigenvalue weighted by molar-refractivity contribution is 5.31. The maximum absolute atomic E-state index is 5.83. The summed E-state index contributed by atoms with van der Waals surface area (Å²) in [7, 11) is 0. The fraction of sp³-hybridized carbons (Fsp3) is 0.353. The zero-order chi connectivity index (χ0) is 13.9. The smallest absolute Gasteiger partial charge is 0.0506 e. The van der Waals surface area contributed by atoms with E-state index in [1.54, 1.807) is 0 Å². The van der Waals surface area contributed by atoms with Gasteiger partial charge in [-0.3, -0.25) is 16.3 Å². The number of benzene rings is 1. The summed E-state index contributed by atoms with van der Waals surface area (Å²) >= 11 is 0. The lowest BCUT2D eigenvalue weighted by atomic mass is 9.78. The molecule has 0 aliphatic heterocycles. The molecule has 0 bridgehead atoms. The Morgan fingerprint density at radius 3 is 2.80 bits per heavy atom. The third-order valence-corrected chi connectivity index (χ3v) is 4.29. The molecular weight excluding hydrogens is 246 g/mol. The van der Waals surface area contributed by atoms with E-state index in [1.165, 1.54) is 28.7 Å². The first-order valence-corrected chi connectivity index (χ1v) is 7.22. The van der Waals surface area contributed by atoms with E-state index < -0.39 is 0 Å². The van der Waals surface area contributed by atoms with Crippen molar-refractivity contribution < 1.29 is 0 Å². The lowest BCUT2D eigenvalue weighted by Gasteiger charge is -2.31. The van der Waals surface area contributed by atoms with Gasteiger partial charge in [0.1, 0.15) is 0 Å². The van der Waals surface area contributed by atoms with Crippen LogP contribution in [-0.4, -0.2) is 4.98 Å². The van der Waals surface area contributed by atoms with E-state index in [0.29, 0.717) is 5.92 Å². The number of hydrogen-bond acceptors (Lipinski definition) is 3. The van der Waals surface area contributed by atoms with Crippen molar-refractivity contribution in [2.45, 2.75) is 32.2 Å². The van der Waals surface area contributed by atoms with Crippen molar-refractivity contribution in [1.82, 2.24) is 10.4 Å². The van der Waals surface area contributed by atoms with Gasteiger partial charge in [-0.2, -0.15) is 0 Å². The Labute approximate surface area is 120 Å². The van der Waals surface area contributed by atoms with Gasteiger partial charge in [0.2, 0.25) is 0 Å². The van der Waals surface area contributed by atoms with Gasteiger partial charge in [0.15, 0.2) is 0 Å². The molecule has 20 heavy (non-hydrogen) atoms. The average molecular weight is 267 g/mol. The quantitative estimate of drug-likeness (QED) is 0.664. The van der Waals surface area contributed by atoms with Crippen LogP contribution in [0.5, 0.6) is 0 Å². The largest absolute Gasteiger partial charge is 0.271 e. The average Bonchev–Trinajstić information content (AvgIpc) is 2.48. The van der Waals surface area contributed by atoms with Gasteiger partial charge in [0.25, 0.3) is 0 Å². The molecular formula is C17H21N3. The summed E-state index contributed by atoms with van der Waals surface area (Å²) in [5.74, 6) is 6.35. The lowest BCUT2D eigenvalue weighted by Crippen LogP contribution is -2.36. The summed E-state index contributed by atoms with van der Waals surface area (Å²) in [6, 6.07) is 11.1. The molecule has 2 unspecified atom stereocenters. The minimum absolute atomic E-state index is 0.177. The highest BCUT2D eigenvalue weighted by Gasteiger charge is 2.26. The molecule has 3 nitrogen and oxygen atoms in total. The molecule has 0 radical (unpaired) electrons. The van der Waals surface area contributed by atoms with Crippen LogP contribution in [0.15, 0.2) is 42.7 Å². The van der Waals surface area contributed by atoms with Crippen molar-refractivity contribution in [1.29, 1.82) is 0 Å². The van der Waals surface area contributed by atoms with Gasteiger partial charge < -0.3 is 0 Å². The van der Waals surface area contributed by atoms with E-state index in [2.05, 4.69) is 47.7 Å². The Kier molecular flexibility index (Phi) is 3.81. The fourth-order valence-electron chi connectivity index (χ4n) is 3.26. The zero-order valence-electron chi connectivity index (χ0n) is 11.8. The zero-order valence-corrected chi connectivity index (χ0v) is 11.8. The molecule has 0 saturated heterocycles. The summed E-state index contributed by atoms with van der Waals surface area (Å²) < 4.78 is 0. The van der Waals surface area contributed by atoms with Gasteiger partial charge in [-0.05, 0) is 54.4 Å². The van der Waals surface area contributed by atoms with Gasteiger partial charge in [-0.15, -0.1) is 0 Å². The second-order valence-electron chi connectivity index (χ2n) is 5.71. The van der Waals surface area contributed by atoms with Crippen LogP contribution in [0, 0.1) is 12.8 Å². The molecule has 1 heterocycles. The van der Waals surface area contributed by atoms with E-state index >= 15 is 0 Å². The Hall–Kier alpha value is -1.71. The molecule has 0 amide bonds. The van der Waals surface area contributed by atoms with Crippen molar-refractivity contribution in [3.63, 3.8) is 0 Å². The van der Waals surface area contributed by atoms with Crippen LogP contribution >= 0.6 is 0 Å². The van der Waals surface area contributed by atoms with Crippen molar-refractivity contribution in [2.75, 3.05) is 0 Å². The first-order chi connectivity index (χ1) is 9.78. The number of nitrogens with two attached hydrogens (primary N) is 1. The van der Waals surface area contributed by atoms with E-state index in [-0.39, 0.29) is 6.04 Å². The lowest BCUT2D eigenvalue weighted by molar-refractivity contribution is 0.329. The van der Waals surface area contributed by atoms with Crippen molar-refractivity contribution in [2.24, 2.45) is 11.8 Å². The number of hydrogen-bond donors (Lipinski definition) is 2. The Morgan fingerprint density at radius 2 is 2.05 bits per heavy atom. The molecule has 104 valence electrons. The number of pyridine rings is 1. The number of fused-ring (bicyclic) bond motifs is 1. The normalized spacial score (nSPS) is 19.4. The molecule has 0 spiro atoms. The maximum Gasteiger partial charge on any atom is 0.0506 e. The minimum Gasteiger partial charge on any atom is -0.271 e. The number of rotatable bonds is 3. The predicted molar refractivity (Wildman–Crippen MR) is 81.0 cm³/mol. The molecule has 3 heteroatoms. The highest BCUT2D eigenvalue weighted by atomic mass is 15.2. The molecule has 2 atom stereocenters. The van der Waals surface area contributed by atoms with E-state index in [9.17, 15) is 0 Å². The number of aryl methyl sites for hydroxylation is 2. The van der Waals surface area contributed by atoms with Gasteiger partial charge in [-0.1, -0.05) is 30.3 Å². The van der Waals surface area contributed by atoms with Gasteiger partial charge in [-0.25, -0.2) is 0 Å². The predicted octanol–water partition coefficient (Wildman–Crippen LogP) is 2.70. The Bertz CT molecular complexity index is 594. The summed E-state index contributed by atoms with van der Waals surface area (Å²) in [5, 5.41) is 0. The second kappa shape index (κ2) is 5.73. The molecule has 3 rings (SSSR count). The van der Waals surface area contributed by atoms with Crippen LogP contribution in [0.25, 0.3) is 0 Å². The fourth-order valence-corrected chi connectivity index (χ4v) is 3.26. The minimum atomic E-state index is 0.177. The second-order valence-corrected chi connectivity index (χ2v) is 5.71. The number of aromatic nitrogens is 1. The van der Waals surface area contributed by atoms with Gasteiger partial charge in [0.05, 0.1) is 6.04 Å². The van der Waals surface area contributed by atoms with Crippen molar-refractivity contribution >= 4 is 0 Å². The molecule has 1 aromatic heterocycles. The molecule has 3 N–H and O–H groups in total. The van der Waals surface area contributed by atoms with Crippen LogP contribution in [0.1, 0.15) is 34.7 Å². The van der Waals surface area contributed by atoms with E-state index in [0.717, 1.165) is 12.8 Å². The monoisotopic (exact) mass is 267 g/mol.